The summed E-state index contributed by atoms with van der Waals surface area (Å²) in [6, 6.07) is 6.65. The number of rotatable bonds is 4. The average molecular weight is 276 g/mol. The molecule has 1 aliphatic heterocycles. The smallest absolute Gasteiger partial charge is 0.312 e. The Morgan fingerprint density at radius 1 is 1.30 bits per heavy atom. The van der Waals surface area contributed by atoms with E-state index in [0.717, 1.165) is 16.9 Å². The van der Waals surface area contributed by atoms with Gasteiger partial charge in [-0.05, 0) is 43.2 Å². The molecular formula is C15H18NO4. The summed E-state index contributed by atoms with van der Waals surface area (Å²) in [7, 11) is 1.36. The number of carbonyl (C=O) groups excluding carboxylic acids is 2. The number of likely N-dealkylation sites (tertiary alicyclic amines) is 1. The molecule has 5 nitrogen and oxygen atoms in total. The van der Waals surface area contributed by atoms with Crippen LogP contribution in [0.4, 0.5) is 0 Å². The van der Waals surface area contributed by atoms with Gasteiger partial charge in [0.05, 0.1) is 13.0 Å². The van der Waals surface area contributed by atoms with Crippen LogP contribution in [0.15, 0.2) is 12.1 Å². The Morgan fingerprint density at radius 3 is 2.45 bits per heavy atom. The lowest BCUT2D eigenvalue weighted by molar-refractivity contribution is -0.156. The second-order valence-electron chi connectivity index (χ2n) is 4.96. The minimum atomic E-state index is -0.264. The monoisotopic (exact) mass is 276 g/mol. The van der Waals surface area contributed by atoms with E-state index in [1.165, 1.54) is 7.11 Å². The Kier molecular flexibility index (Phi) is 4.27. The predicted molar refractivity (Wildman–Crippen MR) is 72.3 cm³/mol. The molecule has 0 saturated carbocycles. The third-order valence-electron chi connectivity index (χ3n) is 3.42. The van der Waals surface area contributed by atoms with Gasteiger partial charge in [0.2, 0.25) is 0 Å². The van der Waals surface area contributed by atoms with Gasteiger partial charge in [-0.15, -0.1) is 0 Å². The first kappa shape index (κ1) is 14.4. The summed E-state index contributed by atoms with van der Waals surface area (Å²) >= 11 is 0. The van der Waals surface area contributed by atoms with Gasteiger partial charge in [-0.2, -0.15) is 0 Å². The first-order chi connectivity index (χ1) is 9.52. The van der Waals surface area contributed by atoms with Crippen LogP contribution in [-0.2, 0) is 14.3 Å². The largest absolute Gasteiger partial charge is 0.483 e. The van der Waals surface area contributed by atoms with Crippen LogP contribution in [0, 0.1) is 25.8 Å². The van der Waals surface area contributed by atoms with E-state index >= 15 is 0 Å². The molecule has 1 radical (unpaired) electrons. The van der Waals surface area contributed by atoms with E-state index in [9.17, 15) is 9.59 Å². The molecule has 0 bridgehead atoms. The number of esters is 1. The molecule has 1 aromatic rings. The number of benzene rings is 1. The average Bonchev–Trinajstić information content (AvgIpc) is 2.36. The SMILES string of the molecule is COC(=O)C1CN(C(=O)COc2c(C)c[c]cc2C)C1. The van der Waals surface area contributed by atoms with Crippen molar-refractivity contribution >= 4 is 11.9 Å². The molecule has 1 aliphatic rings. The molecule has 0 aliphatic carbocycles. The van der Waals surface area contributed by atoms with E-state index < -0.39 is 0 Å². The van der Waals surface area contributed by atoms with Gasteiger partial charge in [-0.3, -0.25) is 9.59 Å². The first-order valence-corrected chi connectivity index (χ1v) is 6.48. The zero-order chi connectivity index (χ0) is 14.7. The molecule has 0 N–H and O–H groups in total. The number of hydrogen-bond donors (Lipinski definition) is 0. The van der Waals surface area contributed by atoms with Gasteiger partial charge in [-0.1, -0.05) is 0 Å². The van der Waals surface area contributed by atoms with Gasteiger partial charge in [0, 0.05) is 13.1 Å². The fraction of sp³-hybridized carbons (Fsp3) is 0.467. The van der Waals surface area contributed by atoms with Crippen molar-refractivity contribution in [1.29, 1.82) is 0 Å². The van der Waals surface area contributed by atoms with Crippen LogP contribution in [0.3, 0.4) is 0 Å². The summed E-state index contributed by atoms with van der Waals surface area (Å²) in [4.78, 5) is 24.8. The number of methoxy groups -OCH3 is 1. The quantitative estimate of drug-likeness (QED) is 0.773. The predicted octanol–water partition coefficient (Wildman–Crippen LogP) is 1.11. The van der Waals surface area contributed by atoms with Crippen molar-refractivity contribution < 1.29 is 19.1 Å². The highest BCUT2D eigenvalue weighted by molar-refractivity contribution is 5.82. The maximum absolute atomic E-state index is 11.9. The van der Waals surface area contributed by atoms with Crippen LogP contribution in [-0.4, -0.2) is 43.6 Å². The van der Waals surface area contributed by atoms with Crippen LogP contribution in [0.5, 0.6) is 5.75 Å². The summed E-state index contributed by atoms with van der Waals surface area (Å²) in [5, 5.41) is 0. The van der Waals surface area contributed by atoms with Crippen LogP contribution in [0.1, 0.15) is 11.1 Å². The molecule has 1 fully saturated rings. The molecule has 2 rings (SSSR count). The van der Waals surface area contributed by atoms with Crippen LogP contribution in [0.2, 0.25) is 0 Å². The van der Waals surface area contributed by atoms with Crippen molar-refractivity contribution in [3.8, 4) is 5.75 Å². The number of amides is 1. The Hall–Kier alpha value is -2.04. The molecule has 1 amide bonds. The van der Waals surface area contributed by atoms with Gasteiger partial charge in [0.15, 0.2) is 6.61 Å². The summed E-state index contributed by atoms with van der Waals surface area (Å²) in [5.74, 6) is 0.151. The number of ether oxygens (including phenoxy) is 2. The van der Waals surface area contributed by atoms with Crippen LogP contribution >= 0.6 is 0 Å². The van der Waals surface area contributed by atoms with Gasteiger partial charge in [-0.25, -0.2) is 0 Å². The third kappa shape index (κ3) is 2.92. The summed E-state index contributed by atoms with van der Waals surface area (Å²) < 4.78 is 10.2. The lowest BCUT2D eigenvalue weighted by Gasteiger charge is -2.37. The van der Waals surface area contributed by atoms with E-state index in [4.69, 9.17) is 4.74 Å². The van der Waals surface area contributed by atoms with Crippen LogP contribution in [0.25, 0.3) is 0 Å². The molecular weight excluding hydrogens is 258 g/mol. The highest BCUT2D eigenvalue weighted by Crippen LogP contribution is 2.23. The second-order valence-corrected chi connectivity index (χ2v) is 4.96. The maximum atomic E-state index is 11.9. The van der Waals surface area contributed by atoms with E-state index in [1.807, 2.05) is 26.0 Å². The molecule has 1 saturated heterocycles. The van der Waals surface area contributed by atoms with Gasteiger partial charge >= 0.3 is 5.97 Å². The number of hydrogen-bond acceptors (Lipinski definition) is 4. The zero-order valence-corrected chi connectivity index (χ0v) is 11.9. The lowest BCUT2D eigenvalue weighted by atomic mass is 10.0. The minimum absolute atomic E-state index is 0.0143. The molecule has 1 aromatic carbocycles. The molecule has 107 valence electrons. The Labute approximate surface area is 118 Å². The van der Waals surface area contributed by atoms with Crippen molar-refractivity contribution in [3.63, 3.8) is 0 Å². The standard InChI is InChI=1S/C15H18NO4/c1-10-5-4-6-11(2)14(10)20-9-13(17)16-7-12(8-16)15(18)19-3/h5-6,12H,7-9H2,1-3H3. The number of carbonyl (C=O) groups is 2. The maximum Gasteiger partial charge on any atom is 0.312 e. The molecule has 5 heteroatoms. The molecule has 0 atom stereocenters. The van der Waals surface area contributed by atoms with Crippen molar-refractivity contribution in [2.75, 3.05) is 26.8 Å². The first-order valence-electron chi connectivity index (χ1n) is 6.48. The minimum Gasteiger partial charge on any atom is -0.483 e. The Balaban J connectivity index is 1.84. The third-order valence-corrected chi connectivity index (χ3v) is 3.42. The second kappa shape index (κ2) is 5.94. The van der Waals surface area contributed by atoms with Crippen molar-refractivity contribution in [1.82, 2.24) is 4.90 Å². The summed E-state index contributed by atoms with van der Waals surface area (Å²) in [6.07, 6.45) is 0. The normalized spacial score (nSPS) is 14.7. The molecule has 1 heterocycles. The van der Waals surface area contributed by atoms with Crippen molar-refractivity contribution in [2.24, 2.45) is 5.92 Å². The van der Waals surface area contributed by atoms with Crippen LogP contribution < -0.4 is 4.74 Å². The molecule has 0 spiro atoms. The molecule has 0 aromatic heterocycles. The highest BCUT2D eigenvalue weighted by Gasteiger charge is 2.36. The van der Waals surface area contributed by atoms with E-state index in [1.54, 1.807) is 4.90 Å². The molecule has 0 unspecified atom stereocenters. The number of nitrogens with zero attached hydrogens (tertiary/aromatic N) is 1. The van der Waals surface area contributed by atoms with Gasteiger partial charge in [0.1, 0.15) is 5.75 Å². The highest BCUT2D eigenvalue weighted by atomic mass is 16.5. The summed E-state index contributed by atoms with van der Waals surface area (Å²) in [5.41, 5.74) is 1.91. The van der Waals surface area contributed by atoms with Crippen molar-refractivity contribution in [2.45, 2.75) is 13.8 Å². The fourth-order valence-corrected chi connectivity index (χ4v) is 2.18. The summed E-state index contributed by atoms with van der Waals surface area (Å²) in [6.45, 7) is 4.64. The zero-order valence-electron chi connectivity index (χ0n) is 11.9. The van der Waals surface area contributed by atoms with Crippen molar-refractivity contribution in [3.05, 3.63) is 29.3 Å². The Morgan fingerprint density at radius 2 is 1.90 bits per heavy atom. The van der Waals surface area contributed by atoms with Gasteiger partial charge < -0.3 is 14.4 Å². The fourth-order valence-electron chi connectivity index (χ4n) is 2.18. The van der Waals surface area contributed by atoms with Gasteiger partial charge in [0.25, 0.3) is 5.91 Å². The van der Waals surface area contributed by atoms with E-state index in [0.29, 0.717) is 13.1 Å². The molecule has 20 heavy (non-hydrogen) atoms. The number of aryl methyl sites for hydroxylation is 2. The topological polar surface area (TPSA) is 55.8 Å². The lowest BCUT2D eigenvalue weighted by Crippen LogP contribution is -2.54. The van der Waals surface area contributed by atoms with E-state index in [2.05, 4.69) is 10.8 Å². The Bertz CT molecular complexity index is 500. The van der Waals surface area contributed by atoms with E-state index in [-0.39, 0.29) is 24.4 Å².